The van der Waals surface area contributed by atoms with Gasteiger partial charge in [-0.1, -0.05) is 6.08 Å². The van der Waals surface area contributed by atoms with Crippen molar-refractivity contribution in [2.75, 3.05) is 0 Å². The molecule has 1 aliphatic rings. The van der Waals surface area contributed by atoms with Crippen LogP contribution in [0.1, 0.15) is 26.2 Å². The lowest BCUT2D eigenvalue weighted by atomic mass is 9.92. The minimum Gasteiger partial charge on any atom is -0.460 e. The summed E-state index contributed by atoms with van der Waals surface area (Å²) in [5.41, 5.74) is 0. The molecular formula is C11H18O4. The predicted molar refractivity (Wildman–Crippen MR) is 55.1 cm³/mol. The average Bonchev–Trinajstić information content (AvgIpc) is 2.41. The summed E-state index contributed by atoms with van der Waals surface area (Å²) in [6.45, 7) is 5.20. The maximum atomic E-state index is 11.3. The molecule has 1 unspecified atom stereocenters. The van der Waals surface area contributed by atoms with Crippen molar-refractivity contribution in [1.29, 1.82) is 0 Å². The molecule has 0 saturated carbocycles. The van der Waals surface area contributed by atoms with Crippen molar-refractivity contribution in [3.8, 4) is 0 Å². The minimum absolute atomic E-state index is 0.482. The summed E-state index contributed by atoms with van der Waals surface area (Å²) in [6.07, 6.45) is 1.57. The van der Waals surface area contributed by atoms with E-state index in [0.717, 1.165) is 12.8 Å². The van der Waals surface area contributed by atoms with Crippen molar-refractivity contribution in [3.63, 3.8) is 0 Å². The Labute approximate surface area is 89.6 Å². The molecule has 1 saturated heterocycles. The molecule has 0 amide bonds. The van der Waals surface area contributed by atoms with Crippen LogP contribution in [0, 0.1) is 5.92 Å². The number of aliphatic hydroxyl groups is 2. The number of ether oxygens (including phenoxy) is 1. The summed E-state index contributed by atoms with van der Waals surface area (Å²) in [5.74, 6) is -1.29. The number of allylic oxidation sites excluding steroid dienone is 1. The summed E-state index contributed by atoms with van der Waals surface area (Å²) < 4.78 is 4.84. The van der Waals surface area contributed by atoms with Gasteiger partial charge in [-0.15, -0.1) is 6.58 Å². The number of carbonyl (C=O) groups excluding carboxylic acids is 1. The summed E-state index contributed by atoms with van der Waals surface area (Å²) in [4.78, 5) is 11.3. The van der Waals surface area contributed by atoms with Crippen molar-refractivity contribution < 1.29 is 19.7 Å². The standard InChI is InChI=1S/C11H18O4/c1-3-4-5-6-8(12)9-10(13)7(2)15-11(9)14/h3,7-10,12-13H,1,4-6H2,2H3/t7-,8?,9-,10+/m0/s1. The molecule has 2 N–H and O–H groups in total. The lowest BCUT2D eigenvalue weighted by Gasteiger charge is -2.17. The van der Waals surface area contributed by atoms with E-state index in [-0.39, 0.29) is 0 Å². The van der Waals surface area contributed by atoms with Crippen LogP contribution in [-0.2, 0) is 9.53 Å². The Hall–Kier alpha value is -0.870. The van der Waals surface area contributed by atoms with Crippen LogP contribution in [0.5, 0.6) is 0 Å². The Morgan fingerprint density at radius 2 is 2.33 bits per heavy atom. The largest absolute Gasteiger partial charge is 0.460 e. The van der Waals surface area contributed by atoms with Crippen LogP contribution in [0.2, 0.25) is 0 Å². The summed E-state index contributed by atoms with van der Waals surface area (Å²) in [6, 6.07) is 0. The molecule has 0 aromatic carbocycles. The molecular weight excluding hydrogens is 196 g/mol. The van der Waals surface area contributed by atoms with Crippen molar-refractivity contribution in [2.24, 2.45) is 5.92 Å². The second-order valence-corrected chi connectivity index (χ2v) is 3.95. The minimum atomic E-state index is -0.892. The van der Waals surface area contributed by atoms with Crippen LogP contribution in [-0.4, -0.2) is 34.5 Å². The van der Waals surface area contributed by atoms with Crippen molar-refractivity contribution >= 4 is 5.97 Å². The maximum absolute atomic E-state index is 11.3. The Balaban J connectivity index is 2.47. The first-order valence-electron chi connectivity index (χ1n) is 5.25. The van der Waals surface area contributed by atoms with Crippen LogP contribution < -0.4 is 0 Å². The lowest BCUT2D eigenvalue weighted by Crippen LogP contribution is -2.34. The van der Waals surface area contributed by atoms with Gasteiger partial charge in [0.2, 0.25) is 0 Å². The third-order valence-electron chi connectivity index (χ3n) is 2.75. The quantitative estimate of drug-likeness (QED) is 0.400. The summed E-state index contributed by atoms with van der Waals surface area (Å²) in [7, 11) is 0. The SMILES string of the molecule is C=CCCCC(O)[C@@H]1C(=O)O[C@@H](C)[C@H]1O. The molecule has 86 valence electrons. The zero-order chi connectivity index (χ0) is 11.4. The zero-order valence-electron chi connectivity index (χ0n) is 8.93. The fourth-order valence-corrected chi connectivity index (χ4v) is 1.80. The number of rotatable bonds is 5. The molecule has 4 heteroatoms. The van der Waals surface area contributed by atoms with E-state index in [2.05, 4.69) is 6.58 Å². The highest BCUT2D eigenvalue weighted by Gasteiger charge is 2.45. The second-order valence-electron chi connectivity index (χ2n) is 3.95. The van der Waals surface area contributed by atoms with Crippen LogP contribution in [0.3, 0.4) is 0 Å². The third-order valence-corrected chi connectivity index (χ3v) is 2.75. The molecule has 4 nitrogen and oxygen atoms in total. The highest BCUT2D eigenvalue weighted by molar-refractivity contribution is 5.76. The first-order chi connectivity index (χ1) is 7.07. The first-order valence-corrected chi connectivity index (χ1v) is 5.25. The van der Waals surface area contributed by atoms with Crippen molar-refractivity contribution in [1.82, 2.24) is 0 Å². The van der Waals surface area contributed by atoms with Gasteiger partial charge in [0.15, 0.2) is 0 Å². The molecule has 1 fully saturated rings. The number of aliphatic hydroxyl groups excluding tert-OH is 2. The number of hydrogen-bond donors (Lipinski definition) is 2. The monoisotopic (exact) mass is 214 g/mol. The highest BCUT2D eigenvalue weighted by atomic mass is 16.6. The van der Waals surface area contributed by atoms with Gasteiger partial charge in [-0.05, 0) is 26.2 Å². The molecule has 0 spiro atoms. The number of hydrogen-bond acceptors (Lipinski definition) is 4. The van der Waals surface area contributed by atoms with E-state index < -0.39 is 30.2 Å². The van der Waals surface area contributed by atoms with Gasteiger partial charge in [-0.3, -0.25) is 4.79 Å². The fraction of sp³-hybridized carbons (Fsp3) is 0.727. The number of esters is 1. The molecule has 0 aromatic rings. The average molecular weight is 214 g/mol. The van der Waals surface area contributed by atoms with Gasteiger partial charge in [0.25, 0.3) is 0 Å². The first kappa shape index (κ1) is 12.2. The Kier molecular flexibility index (Phi) is 4.29. The second kappa shape index (κ2) is 5.28. The third kappa shape index (κ3) is 2.79. The van der Waals surface area contributed by atoms with Gasteiger partial charge in [-0.2, -0.15) is 0 Å². The Morgan fingerprint density at radius 3 is 2.80 bits per heavy atom. The maximum Gasteiger partial charge on any atom is 0.314 e. The Morgan fingerprint density at radius 1 is 1.67 bits per heavy atom. The van der Waals surface area contributed by atoms with Gasteiger partial charge in [0.1, 0.15) is 18.1 Å². The topological polar surface area (TPSA) is 66.8 Å². The summed E-state index contributed by atoms with van der Waals surface area (Å²) in [5, 5.41) is 19.4. The van der Waals surface area contributed by atoms with Gasteiger partial charge < -0.3 is 14.9 Å². The molecule has 4 atom stereocenters. The lowest BCUT2D eigenvalue weighted by molar-refractivity contribution is -0.146. The molecule has 1 heterocycles. The molecule has 0 radical (unpaired) electrons. The smallest absolute Gasteiger partial charge is 0.314 e. The van der Waals surface area contributed by atoms with E-state index in [1.807, 2.05) is 0 Å². The number of cyclic esters (lactones) is 1. The normalized spacial score (nSPS) is 32.5. The number of unbranched alkanes of at least 4 members (excludes halogenated alkanes) is 1. The number of carbonyl (C=O) groups is 1. The van der Waals surface area contributed by atoms with E-state index in [0.29, 0.717) is 6.42 Å². The van der Waals surface area contributed by atoms with Crippen molar-refractivity contribution in [3.05, 3.63) is 12.7 Å². The van der Waals surface area contributed by atoms with E-state index in [1.54, 1.807) is 13.0 Å². The highest BCUT2D eigenvalue weighted by Crippen LogP contribution is 2.26. The summed E-state index contributed by atoms with van der Waals surface area (Å²) >= 11 is 0. The zero-order valence-corrected chi connectivity index (χ0v) is 8.93. The van der Waals surface area contributed by atoms with Crippen LogP contribution in [0.15, 0.2) is 12.7 Å². The molecule has 0 aliphatic carbocycles. The molecule has 1 rings (SSSR count). The van der Waals surface area contributed by atoms with Gasteiger partial charge in [0, 0.05) is 0 Å². The van der Waals surface area contributed by atoms with E-state index >= 15 is 0 Å². The van der Waals surface area contributed by atoms with E-state index in [1.165, 1.54) is 0 Å². The van der Waals surface area contributed by atoms with Crippen LogP contribution in [0.4, 0.5) is 0 Å². The molecule has 0 bridgehead atoms. The van der Waals surface area contributed by atoms with Gasteiger partial charge >= 0.3 is 5.97 Å². The van der Waals surface area contributed by atoms with Crippen LogP contribution >= 0.6 is 0 Å². The van der Waals surface area contributed by atoms with Gasteiger partial charge in [0.05, 0.1) is 6.10 Å². The predicted octanol–water partition coefficient (Wildman–Crippen LogP) is 0.626. The van der Waals surface area contributed by atoms with Crippen molar-refractivity contribution in [2.45, 2.75) is 44.5 Å². The molecule has 1 aliphatic heterocycles. The Bertz CT molecular complexity index is 239. The van der Waals surface area contributed by atoms with E-state index in [4.69, 9.17) is 4.74 Å². The molecule has 15 heavy (non-hydrogen) atoms. The van der Waals surface area contributed by atoms with E-state index in [9.17, 15) is 15.0 Å². The fourth-order valence-electron chi connectivity index (χ4n) is 1.80. The molecule has 0 aromatic heterocycles. The van der Waals surface area contributed by atoms with Crippen LogP contribution in [0.25, 0.3) is 0 Å². The van der Waals surface area contributed by atoms with Gasteiger partial charge in [-0.25, -0.2) is 0 Å².